The van der Waals surface area contributed by atoms with Crippen LogP contribution in [0.25, 0.3) is 21.8 Å². The SMILES string of the molecule is CN(C)CCN(C)C.Cn1[c-]cc2ccccc21.Cn1[c-]cc2ccccc21.[Zn+2]. The fourth-order valence-corrected chi connectivity index (χ4v) is 2.70. The third-order valence-corrected chi connectivity index (χ3v) is 4.42. The van der Waals surface area contributed by atoms with Crippen molar-refractivity contribution >= 4 is 21.8 Å². The van der Waals surface area contributed by atoms with Gasteiger partial charge in [-0.2, -0.15) is 22.9 Å². The molecule has 0 aliphatic heterocycles. The van der Waals surface area contributed by atoms with Crippen molar-refractivity contribution in [3.05, 3.63) is 73.1 Å². The first-order valence-electron chi connectivity index (χ1n) is 9.52. The van der Waals surface area contributed by atoms with E-state index in [1.54, 1.807) is 0 Å². The predicted octanol–water partition coefficient (Wildman–Crippen LogP) is 4.06. The molecule has 2 aromatic heterocycles. The third kappa shape index (κ3) is 8.14. The van der Waals surface area contributed by atoms with E-state index in [9.17, 15) is 0 Å². The molecular weight excluding hydrogens is 410 g/mol. The zero-order valence-corrected chi connectivity index (χ0v) is 21.7. The van der Waals surface area contributed by atoms with E-state index in [1.807, 2.05) is 59.6 Å². The molecule has 0 spiro atoms. The molecule has 4 rings (SSSR count). The van der Waals surface area contributed by atoms with Crippen LogP contribution in [0.15, 0.2) is 60.7 Å². The number of nitrogens with zero attached hydrogens (tertiary/aromatic N) is 4. The number of aryl methyl sites for hydroxylation is 2. The maximum absolute atomic E-state index is 3.09. The Morgan fingerprint density at radius 1 is 0.655 bits per heavy atom. The van der Waals surface area contributed by atoms with E-state index < -0.39 is 0 Å². The van der Waals surface area contributed by atoms with Crippen LogP contribution < -0.4 is 0 Å². The molecule has 4 nitrogen and oxygen atoms in total. The molecule has 150 valence electrons. The van der Waals surface area contributed by atoms with Gasteiger partial charge in [0.05, 0.1) is 0 Å². The van der Waals surface area contributed by atoms with Crippen molar-refractivity contribution in [1.29, 1.82) is 0 Å². The Labute approximate surface area is 188 Å². The summed E-state index contributed by atoms with van der Waals surface area (Å²) in [5.74, 6) is 0. The van der Waals surface area contributed by atoms with Crippen molar-refractivity contribution in [2.75, 3.05) is 41.3 Å². The number of fused-ring (bicyclic) bond motifs is 2. The van der Waals surface area contributed by atoms with Crippen molar-refractivity contribution in [2.24, 2.45) is 14.1 Å². The Balaban J connectivity index is 0.000000216. The summed E-state index contributed by atoms with van der Waals surface area (Å²) < 4.78 is 3.99. The molecule has 0 fully saturated rings. The molecule has 0 bridgehead atoms. The van der Waals surface area contributed by atoms with Gasteiger partial charge < -0.3 is 18.9 Å². The van der Waals surface area contributed by atoms with Gasteiger partial charge in [-0.3, -0.25) is 0 Å². The molecule has 0 radical (unpaired) electrons. The van der Waals surface area contributed by atoms with Gasteiger partial charge in [0.2, 0.25) is 0 Å². The van der Waals surface area contributed by atoms with Gasteiger partial charge in [-0.1, -0.05) is 24.3 Å². The summed E-state index contributed by atoms with van der Waals surface area (Å²) in [7, 11) is 12.4. The molecule has 5 heteroatoms. The molecule has 0 aliphatic carbocycles. The van der Waals surface area contributed by atoms with E-state index in [-0.39, 0.29) is 19.5 Å². The summed E-state index contributed by atoms with van der Waals surface area (Å²) in [6, 6.07) is 20.5. The molecule has 0 saturated carbocycles. The van der Waals surface area contributed by atoms with E-state index in [4.69, 9.17) is 0 Å². The second-order valence-corrected chi connectivity index (χ2v) is 7.39. The maximum Gasteiger partial charge on any atom is 2.00 e. The van der Waals surface area contributed by atoms with Gasteiger partial charge in [-0.05, 0) is 42.3 Å². The van der Waals surface area contributed by atoms with E-state index in [1.165, 1.54) is 21.8 Å². The van der Waals surface area contributed by atoms with Crippen molar-refractivity contribution < 1.29 is 19.5 Å². The summed E-state index contributed by atoms with van der Waals surface area (Å²) in [5.41, 5.74) is 2.48. The Morgan fingerprint density at radius 3 is 1.31 bits per heavy atom. The van der Waals surface area contributed by atoms with Crippen LogP contribution >= 0.6 is 0 Å². The van der Waals surface area contributed by atoms with Crippen molar-refractivity contribution in [3.63, 3.8) is 0 Å². The number of hydrogen-bond acceptors (Lipinski definition) is 2. The summed E-state index contributed by atoms with van der Waals surface area (Å²) in [6.07, 6.45) is 6.19. The molecule has 2 heterocycles. The van der Waals surface area contributed by atoms with Crippen LogP contribution in [-0.4, -0.2) is 60.2 Å². The van der Waals surface area contributed by atoms with E-state index in [0.29, 0.717) is 0 Å². The van der Waals surface area contributed by atoms with Gasteiger partial charge in [-0.25, -0.2) is 0 Å². The summed E-state index contributed by atoms with van der Waals surface area (Å²) >= 11 is 0. The fourth-order valence-electron chi connectivity index (χ4n) is 2.70. The molecule has 4 aromatic rings. The second-order valence-electron chi connectivity index (χ2n) is 7.39. The zero-order valence-electron chi connectivity index (χ0n) is 18.7. The molecule has 0 atom stereocenters. The molecule has 29 heavy (non-hydrogen) atoms. The summed E-state index contributed by atoms with van der Waals surface area (Å²) in [5, 5.41) is 2.51. The van der Waals surface area contributed by atoms with Crippen LogP contribution in [0.3, 0.4) is 0 Å². The van der Waals surface area contributed by atoms with Crippen LogP contribution in [0.1, 0.15) is 0 Å². The molecule has 0 unspecified atom stereocenters. The number of rotatable bonds is 3. The summed E-state index contributed by atoms with van der Waals surface area (Å²) in [6.45, 7) is 2.29. The largest absolute Gasteiger partial charge is 2.00 e. The van der Waals surface area contributed by atoms with Gasteiger partial charge in [0.25, 0.3) is 0 Å². The molecule has 0 saturated heterocycles. The first-order chi connectivity index (χ1) is 13.4. The molecule has 0 aliphatic rings. The van der Waals surface area contributed by atoms with Crippen LogP contribution in [0, 0.1) is 12.4 Å². The number of aromatic nitrogens is 2. The Hall–Kier alpha value is -1.94. The molecule has 0 N–H and O–H groups in total. The Bertz CT molecular complexity index is 889. The smallest absolute Gasteiger partial charge is 0.466 e. The van der Waals surface area contributed by atoms with Gasteiger partial charge >= 0.3 is 19.5 Å². The predicted molar refractivity (Wildman–Crippen MR) is 121 cm³/mol. The minimum atomic E-state index is 0. The minimum absolute atomic E-state index is 0. The number of benzene rings is 2. The monoisotopic (exact) mass is 440 g/mol. The minimum Gasteiger partial charge on any atom is -0.466 e. The Kier molecular flexibility index (Phi) is 10.9. The Morgan fingerprint density at radius 2 is 1.00 bits per heavy atom. The third-order valence-electron chi connectivity index (χ3n) is 4.42. The average Bonchev–Trinajstić information content (AvgIpc) is 3.25. The van der Waals surface area contributed by atoms with Crippen LogP contribution in [0.2, 0.25) is 0 Å². The second kappa shape index (κ2) is 12.6. The molecular formula is C24H32N4Zn. The maximum atomic E-state index is 3.09. The number of para-hydroxylation sites is 2. The topological polar surface area (TPSA) is 16.3 Å². The average molecular weight is 442 g/mol. The van der Waals surface area contributed by atoms with Gasteiger partial charge in [0.1, 0.15) is 0 Å². The van der Waals surface area contributed by atoms with Gasteiger partial charge in [0.15, 0.2) is 0 Å². The van der Waals surface area contributed by atoms with Crippen molar-refractivity contribution in [3.8, 4) is 0 Å². The van der Waals surface area contributed by atoms with Crippen molar-refractivity contribution in [2.45, 2.75) is 0 Å². The quantitative estimate of drug-likeness (QED) is 0.352. The number of hydrogen-bond donors (Lipinski definition) is 0. The van der Waals surface area contributed by atoms with Crippen LogP contribution in [-0.2, 0) is 33.6 Å². The van der Waals surface area contributed by atoms with Gasteiger partial charge in [-0.15, -0.1) is 47.7 Å². The first kappa shape index (κ1) is 25.1. The van der Waals surface area contributed by atoms with Crippen LogP contribution in [0.5, 0.6) is 0 Å². The normalized spacial score (nSPS) is 10.3. The summed E-state index contributed by atoms with van der Waals surface area (Å²) in [4.78, 5) is 4.36. The van der Waals surface area contributed by atoms with E-state index >= 15 is 0 Å². The van der Waals surface area contributed by atoms with E-state index in [2.05, 4.69) is 74.6 Å². The molecule has 0 amide bonds. The fraction of sp³-hybridized carbons (Fsp3) is 0.333. The molecule has 2 aromatic carbocycles. The zero-order chi connectivity index (χ0) is 20.5. The first-order valence-corrected chi connectivity index (χ1v) is 9.52. The standard InChI is InChI=1S/2C9H8N.C6H16N2.Zn/c2*1-10-7-6-8-4-2-3-5-9(8)10;1-7(2)5-6-8(3)4;/h2*2-6H,1H3;5-6H2,1-4H3;/q2*-1;;+2. The number of likely N-dealkylation sites (N-methyl/N-ethyl adjacent to an activating group) is 2. The van der Waals surface area contributed by atoms with Crippen LogP contribution in [0.4, 0.5) is 0 Å². The van der Waals surface area contributed by atoms with Gasteiger partial charge in [0, 0.05) is 13.1 Å². The van der Waals surface area contributed by atoms with Crippen molar-refractivity contribution in [1.82, 2.24) is 18.9 Å². The van der Waals surface area contributed by atoms with E-state index in [0.717, 1.165) is 13.1 Å².